The number of carbonyl (C=O) groups is 1. The van der Waals surface area contributed by atoms with Gasteiger partial charge in [-0.1, -0.05) is 6.42 Å². The van der Waals surface area contributed by atoms with E-state index in [4.69, 9.17) is 4.74 Å². The third-order valence-corrected chi connectivity index (χ3v) is 5.40. The van der Waals surface area contributed by atoms with Crippen LogP contribution >= 0.6 is 0 Å². The smallest absolute Gasteiger partial charge is 0.406 e. The van der Waals surface area contributed by atoms with Crippen LogP contribution < -0.4 is 10.1 Å². The molecule has 2 bridgehead atoms. The Bertz CT molecular complexity index is 636. The molecular formula is C17H23N3O4. The minimum Gasteiger partial charge on any atom is -0.473 e. The summed E-state index contributed by atoms with van der Waals surface area (Å²) in [6.07, 6.45) is 5.59. The van der Waals surface area contributed by atoms with Crippen LogP contribution in [0.15, 0.2) is 18.3 Å². The Labute approximate surface area is 140 Å². The molecule has 1 amide bonds. The zero-order valence-corrected chi connectivity index (χ0v) is 14.0. The number of amides is 1. The van der Waals surface area contributed by atoms with Crippen molar-refractivity contribution in [3.63, 3.8) is 0 Å². The van der Waals surface area contributed by atoms with E-state index in [1.807, 2.05) is 6.92 Å². The highest BCUT2D eigenvalue weighted by atomic mass is 16.6. The van der Waals surface area contributed by atoms with Gasteiger partial charge in [0.15, 0.2) is 6.10 Å². The van der Waals surface area contributed by atoms with E-state index < -0.39 is 11.0 Å². The van der Waals surface area contributed by atoms with Crippen LogP contribution in [0.1, 0.15) is 39.5 Å². The van der Waals surface area contributed by atoms with Crippen molar-refractivity contribution in [1.82, 2.24) is 10.3 Å². The highest BCUT2D eigenvalue weighted by molar-refractivity contribution is 5.81. The van der Waals surface area contributed by atoms with Gasteiger partial charge < -0.3 is 20.2 Å². The number of nitro groups is 1. The molecule has 130 valence electrons. The molecule has 2 fully saturated rings. The van der Waals surface area contributed by atoms with E-state index in [0.717, 1.165) is 11.8 Å². The normalized spacial score (nSPS) is 27.5. The van der Waals surface area contributed by atoms with E-state index in [0.29, 0.717) is 5.92 Å². The topological polar surface area (TPSA) is 94.4 Å². The first-order valence-corrected chi connectivity index (χ1v) is 8.52. The maximum absolute atomic E-state index is 12.4. The molecule has 0 unspecified atom stereocenters. The minimum atomic E-state index is -0.811. The van der Waals surface area contributed by atoms with Crippen LogP contribution in [0, 0.1) is 27.9 Å². The van der Waals surface area contributed by atoms with Crippen LogP contribution in [-0.2, 0) is 4.79 Å². The van der Waals surface area contributed by atoms with Crippen molar-refractivity contribution >= 4 is 11.7 Å². The number of nitrogens with one attached hydrogen (secondary N) is 1. The maximum Gasteiger partial charge on any atom is 0.406 e. The molecule has 5 atom stereocenters. The number of ether oxygens (including phenoxy) is 1. The molecule has 3 rings (SSSR count). The lowest BCUT2D eigenvalue weighted by Gasteiger charge is -2.29. The summed E-state index contributed by atoms with van der Waals surface area (Å²) in [4.78, 5) is 26.4. The fourth-order valence-electron chi connectivity index (χ4n) is 4.21. The van der Waals surface area contributed by atoms with Gasteiger partial charge in [-0.2, -0.15) is 0 Å². The number of pyridine rings is 1. The Hall–Kier alpha value is -2.18. The Kier molecular flexibility index (Phi) is 4.69. The minimum absolute atomic E-state index is 0.0118. The van der Waals surface area contributed by atoms with Gasteiger partial charge >= 0.3 is 5.82 Å². The van der Waals surface area contributed by atoms with Crippen LogP contribution in [0.4, 0.5) is 5.82 Å². The quantitative estimate of drug-likeness (QED) is 0.638. The molecule has 1 aromatic heterocycles. The van der Waals surface area contributed by atoms with Crippen molar-refractivity contribution in [1.29, 1.82) is 0 Å². The number of hydrogen-bond acceptors (Lipinski definition) is 5. The van der Waals surface area contributed by atoms with Crippen molar-refractivity contribution in [3.8, 4) is 5.75 Å². The van der Waals surface area contributed by atoms with Crippen molar-refractivity contribution < 1.29 is 14.5 Å². The van der Waals surface area contributed by atoms with E-state index >= 15 is 0 Å². The van der Waals surface area contributed by atoms with E-state index in [-0.39, 0.29) is 23.5 Å². The highest BCUT2D eigenvalue weighted by Crippen LogP contribution is 2.49. The van der Waals surface area contributed by atoms with Gasteiger partial charge in [0.2, 0.25) is 5.75 Å². The largest absolute Gasteiger partial charge is 0.473 e. The average molecular weight is 333 g/mol. The molecule has 0 spiro atoms. The van der Waals surface area contributed by atoms with Crippen LogP contribution in [-0.4, -0.2) is 28.0 Å². The second-order valence-electron chi connectivity index (χ2n) is 6.98. The molecule has 1 heterocycles. The summed E-state index contributed by atoms with van der Waals surface area (Å²) in [6, 6.07) is 3.10. The summed E-state index contributed by atoms with van der Waals surface area (Å²) < 4.78 is 5.48. The first-order valence-electron chi connectivity index (χ1n) is 8.52. The maximum atomic E-state index is 12.4. The Balaban J connectivity index is 1.58. The third kappa shape index (κ3) is 3.34. The number of fused-ring (bicyclic) bond motifs is 2. The van der Waals surface area contributed by atoms with E-state index in [1.165, 1.54) is 37.9 Å². The molecule has 2 aliphatic rings. The van der Waals surface area contributed by atoms with Gasteiger partial charge in [0.25, 0.3) is 5.91 Å². The van der Waals surface area contributed by atoms with Gasteiger partial charge in [-0.15, -0.1) is 0 Å². The number of carbonyl (C=O) groups excluding carboxylic acids is 1. The molecule has 2 saturated carbocycles. The van der Waals surface area contributed by atoms with E-state index in [9.17, 15) is 14.9 Å². The summed E-state index contributed by atoms with van der Waals surface area (Å²) >= 11 is 0. The monoisotopic (exact) mass is 333 g/mol. The first-order chi connectivity index (χ1) is 11.5. The molecule has 24 heavy (non-hydrogen) atoms. The van der Waals surface area contributed by atoms with Crippen LogP contribution in [0.3, 0.4) is 0 Å². The second-order valence-corrected chi connectivity index (χ2v) is 6.98. The zero-order valence-electron chi connectivity index (χ0n) is 14.0. The lowest BCUT2D eigenvalue weighted by molar-refractivity contribution is -0.390. The molecule has 0 radical (unpaired) electrons. The predicted molar refractivity (Wildman–Crippen MR) is 87.5 cm³/mol. The SMILES string of the molecule is C[C@H](Oc1cccnc1[N+](=O)[O-])C(=O)N[C@H](C)[C@H]1C[C@H]2CC[C@H]1C2. The standard InChI is InChI=1S/C17H23N3O4/c1-10(14-9-12-5-6-13(14)8-12)19-17(21)11(2)24-15-4-3-7-18-16(15)20(22)23/h3-4,7,10-14H,5-6,8-9H2,1-2H3,(H,19,21)/t10-,11+,12+,13+,14-/m1/s1. The number of hydrogen-bond donors (Lipinski definition) is 1. The summed E-state index contributed by atoms with van der Waals surface area (Å²) in [5.41, 5.74) is 0. The fraction of sp³-hybridized carbons (Fsp3) is 0.647. The van der Waals surface area contributed by atoms with E-state index in [1.54, 1.807) is 13.0 Å². The van der Waals surface area contributed by atoms with Gasteiger partial charge in [-0.3, -0.25) is 4.79 Å². The van der Waals surface area contributed by atoms with Crippen molar-refractivity contribution in [3.05, 3.63) is 28.4 Å². The zero-order chi connectivity index (χ0) is 17.3. The second kappa shape index (κ2) is 6.75. The lowest BCUT2D eigenvalue weighted by Crippen LogP contribution is -2.45. The molecule has 7 heteroatoms. The molecule has 0 aliphatic heterocycles. The molecule has 0 saturated heterocycles. The van der Waals surface area contributed by atoms with Gasteiger partial charge in [-0.05, 0) is 72.9 Å². The lowest BCUT2D eigenvalue weighted by atomic mass is 9.84. The van der Waals surface area contributed by atoms with Gasteiger partial charge in [0, 0.05) is 6.04 Å². The van der Waals surface area contributed by atoms with Crippen LogP contribution in [0.2, 0.25) is 0 Å². The molecular weight excluding hydrogens is 310 g/mol. The average Bonchev–Trinajstić information content (AvgIpc) is 3.18. The summed E-state index contributed by atoms with van der Waals surface area (Å²) in [5.74, 6) is 1.47. The fourth-order valence-corrected chi connectivity index (χ4v) is 4.21. The Morgan fingerprint density at radius 3 is 2.83 bits per heavy atom. The molecule has 1 aromatic rings. The van der Waals surface area contributed by atoms with Crippen molar-refractivity contribution in [2.24, 2.45) is 17.8 Å². The number of rotatable bonds is 6. The summed E-state index contributed by atoms with van der Waals surface area (Å²) in [5, 5.41) is 14.0. The molecule has 1 N–H and O–H groups in total. The number of nitrogens with zero attached hydrogens (tertiary/aromatic N) is 2. The molecule has 2 aliphatic carbocycles. The third-order valence-electron chi connectivity index (χ3n) is 5.40. The highest BCUT2D eigenvalue weighted by Gasteiger charge is 2.42. The molecule has 0 aromatic carbocycles. The van der Waals surface area contributed by atoms with Gasteiger partial charge in [0.1, 0.15) is 6.20 Å². The Morgan fingerprint density at radius 2 is 2.21 bits per heavy atom. The predicted octanol–water partition coefficient (Wildman–Crippen LogP) is 2.70. The number of aromatic nitrogens is 1. The Morgan fingerprint density at radius 1 is 1.42 bits per heavy atom. The van der Waals surface area contributed by atoms with Gasteiger partial charge in [-0.25, -0.2) is 0 Å². The summed E-state index contributed by atoms with van der Waals surface area (Å²) in [6.45, 7) is 3.64. The first kappa shape index (κ1) is 16.7. The van der Waals surface area contributed by atoms with Crippen LogP contribution in [0.5, 0.6) is 5.75 Å². The van der Waals surface area contributed by atoms with Gasteiger partial charge in [0.05, 0.1) is 0 Å². The van der Waals surface area contributed by atoms with E-state index in [2.05, 4.69) is 10.3 Å². The van der Waals surface area contributed by atoms with Crippen LogP contribution in [0.25, 0.3) is 0 Å². The van der Waals surface area contributed by atoms with Crippen molar-refractivity contribution in [2.45, 2.75) is 51.7 Å². The summed E-state index contributed by atoms with van der Waals surface area (Å²) in [7, 11) is 0. The van der Waals surface area contributed by atoms with Crippen molar-refractivity contribution in [2.75, 3.05) is 0 Å². The molecule has 7 nitrogen and oxygen atoms in total.